The molecule has 111 heavy (non-hydrogen) atoms. The highest BCUT2D eigenvalue weighted by Gasteiger charge is 2.36. The van der Waals surface area contributed by atoms with Crippen LogP contribution < -0.4 is 37.2 Å². The van der Waals surface area contributed by atoms with Crippen molar-refractivity contribution >= 4 is 88.1 Å². The maximum Gasteiger partial charge on any atom is 0.326 e. The molecule has 12 N–H and O–H groups in total. The van der Waals surface area contributed by atoms with E-state index in [0.29, 0.717) is 75.8 Å². The minimum absolute atomic E-state index is 0.0302. The Morgan fingerprint density at radius 3 is 1.58 bits per heavy atom. The summed E-state index contributed by atoms with van der Waals surface area (Å²) in [5, 5.41) is 66.9. The Labute approximate surface area is 658 Å². The maximum atomic E-state index is 13.9. The quantitative estimate of drug-likeness (QED) is 0.0270. The molecule has 0 radical (unpaired) electrons. The lowest BCUT2D eigenvalue weighted by molar-refractivity contribution is -0.145. The fourth-order valence-electron chi connectivity index (χ4n) is 14.2. The Hall–Kier alpha value is -7.85. The van der Waals surface area contributed by atoms with Crippen LogP contribution in [-0.4, -0.2) is 194 Å². The van der Waals surface area contributed by atoms with Gasteiger partial charge >= 0.3 is 23.9 Å². The maximum absolute atomic E-state index is 13.9. The number of ketones is 6. The van der Waals surface area contributed by atoms with Crippen LogP contribution in [0.4, 0.5) is 0 Å². The number of nitrogens with one attached hydrogen (secondary N) is 7. The first kappa shape index (κ1) is 99.2. The lowest BCUT2D eigenvalue weighted by Gasteiger charge is -2.29. The number of unbranched alkanes of at least 4 members (excludes halogenated alkanes) is 17. The van der Waals surface area contributed by atoms with Crippen molar-refractivity contribution in [2.45, 2.75) is 334 Å². The molecule has 3 rings (SSSR count). The number of phenolic OH excluding ortho intramolecular Hbond substituents is 1. The summed E-state index contributed by atoms with van der Waals surface area (Å²) < 4.78 is 0. The third kappa shape index (κ3) is 44.8. The van der Waals surface area contributed by atoms with Gasteiger partial charge < -0.3 is 62.8 Å². The fourth-order valence-corrected chi connectivity index (χ4v) is 14.2. The third-order valence-electron chi connectivity index (χ3n) is 21.4. The van der Waals surface area contributed by atoms with Gasteiger partial charge in [-0.15, -0.1) is 0 Å². The van der Waals surface area contributed by atoms with Crippen molar-refractivity contribution in [2.75, 3.05) is 39.8 Å². The molecule has 2 aliphatic rings. The first-order valence-corrected chi connectivity index (χ1v) is 41.2. The van der Waals surface area contributed by atoms with E-state index >= 15 is 0 Å². The molecule has 1 saturated heterocycles. The SMILES string of the molecule is CCCC[C@H](NCC(=O)C(C)(C)NC(=O)[C@@H](Cc1ccc(O)cc1)NC(C)=O)C(=O)CN[C@@H](CCCCNC(=O)CC[C@H](CC(=O)CC[C@H](NC(=O)CC[C@H](CC(=O)C1CCC(CC)CC1)C(=O)O)C(=O)O)C(=O)O)C(=O)CN1CCC[C@H]1C(C)=O.CNC(=O)CCCCCCCCCCCCCCCCCCC(=O)O. The van der Waals surface area contributed by atoms with Crippen molar-refractivity contribution in [1.82, 2.24) is 42.1 Å². The highest BCUT2D eigenvalue weighted by Crippen LogP contribution is 2.33. The lowest BCUT2D eigenvalue weighted by atomic mass is 9.77. The lowest BCUT2D eigenvalue weighted by Crippen LogP contribution is -2.59. The molecule has 0 bridgehead atoms. The molecular formula is C83H136N8O20. The smallest absolute Gasteiger partial charge is 0.326 e. The van der Waals surface area contributed by atoms with Gasteiger partial charge in [0.05, 0.1) is 55.1 Å². The van der Waals surface area contributed by atoms with Crippen molar-refractivity contribution < 1.29 is 97.5 Å². The molecule has 1 aliphatic heterocycles. The number of phenols is 1. The number of nitrogens with zero attached hydrogens (tertiary/aromatic N) is 1. The van der Waals surface area contributed by atoms with Crippen molar-refractivity contribution in [3.63, 3.8) is 0 Å². The largest absolute Gasteiger partial charge is 0.508 e. The van der Waals surface area contributed by atoms with Crippen LogP contribution in [0.3, 0.4) is 0 Å². The number of rotatable bonds is 63. The molecule has 1 aromatic carbocycles. The zero-order valence-electron chi connectivity index (χ0n) is 67.6. The van der Waals surface area contributed by atoms with Crippen LogP contribution in [0, 0.1) is 23.7 Å². The van der Waals surface area contributed by atoms with E-state index in [1.165, 1.54) is 123 Å². The topological polar surface area (TPSA) is 445 Å². The minimum Gasteiger partial charge on any atom is -0.508 e. The van der Waals surface area contributed by atoms with Crippen LogP contribution in [0.25, 0.3) is 0 Å². The van der Waals surface area contributed by atoms with E-state index < -0.39 is 119 Å². The Morgan fingerprint density at radius 2 is 1.05 bits per heavy atom. The number of Topliss-reactive ketones (excluding diaryl/α,β-unsaturated/α-hetero) is 6. The first-order chi connectivity index (χ1) is 52.8. The minimum atomic E-state index is -1.53. The second-order valence-electron chi connectivity index (χ2n) is 31.1. The normalized spacial score (nSPS) is 16.5. The number of carbonyl (C=O) groups is 15. The van der Waals surface area contributed by atoms with Gasteiger partial charge in [-0.2, -0.15) is 0 Å². The van der Waals surface area contributed by atoms with Gasteiger partial charge in [-0.1, -0.05) is 135 Å². The van der Waals surface area contributed by atoms with Gasteiger partial charge in [-0.3, -0.25) is 72.0 Å². The predicted octanol–water partition coefficient (Wildman–Crippen LogP) is 9.77. The van der Waals surface area contributed by atoms with Crippen LogP contribution in [0.15, 0.2) is 24.3 Å². The number of carboxylic acid groups (broad SMARTS) is 4. The Balaban J connectivity index is 0.00000142. The van der Waals surface area contributed by atoms with E-state index in [9.17, 15) is 92.3 Å². The summed E-state index contributed by atoms with van der Waals surface area (Å²) in [7, 11) is 1.70. The molecule has 1 aliphatic carbocycles. The number of amides is 5. The highest BCUT2D eigenvalue weighted by atomic mass is 16.4. The molecule has 0 unspecified atom stereocenters. The van der Waals surface area contributed by atoms with Crippen LogP contribution in [0.1, 0.15) is 298 Å². The second-order valence-corrected chi connectivity index (χ2v) is 31.1. The molecular weight excluding hydrogens is 1430 g/mol. The summed E-state index contributed by atoms with van der Waals surface area (Å²) in [6, 6.07) is 1.50. The van der Waals surface area contributed by atoms with Crippen LogP contribution >= 0.6 is 0 Å². The summed E-state index contributed by atoms with van der Waals surface area (Å²) in [5.74, 6) is -10.8. The number of aromatic hydroxyl groups is 1. The fraction of sp³-hybridized carbons (Fsp3) is 0.747. The monoisotopic (exact) mass is 1560 g/mol. The Kier molecular flexibility index (Phi) is 51.1. The number of benzene rings is 1. The predicted molar refractivity (Wildman–Crippen MR) is 421 cm³/mol. The van der Waals surface area contributed by atoms with Crippen LogP contribution in [0.2, 0.25) is 0 Å². The van der Waals surface area contributed by atoms with Crippen molar-refractivity contribution in [1.29, 1.82) is 0 Å². The average Bonchev–Trinajstić information content (AvgIpc) is 1.13. The molecule has 28 nitrogen and oxygen atoms in total. The summed E-state index contributed by atoms with van der Waals surface area (Å²) in [6.45, 7) is 9.90. The molecule has 5 amide bonds. The molecule has 1 heterocycles. The van der Waals surface area contributed by atoms with Gasteiger partial charge in [0.2, 0.25) is 29.5 Å². The molecule has 1 saturated carbocycles. The molecule has 0 spiro atoms. The summed E-state index contributed by atoms with van der Waals surface area (Å²) in [4.78, 5) is 190. The van der Waals surface area contributed by atoms with Gasteiger partial charge in [0.25, 0.3) is 0 Å². The van der Waals surface area contributed by atoms with E-state index in [4.69, 9.17) is 5.11 Å². The highest BCUT2D eigenvalue weighted by molar-refractivity contribution is 5.97. The van der Waals surface area contributed by atoms with Crippen molar-refractivity contribution in [3.05, 3.63) is 29.8 Å². The third-order valence-corrected chi connectivity index (χ3v) is 21.4. The van der Waals surface area contributed by atoms with Crippen LogP contribution in [-0.2, 0) is 78.3 Å². The summed E-state index contributed by atoms with van der Waals surface area (Å²) in [5.41, 5.74) is -0.777. The van der Waals surface area contributed by atoms with Gasteiger partial charge in [0.15, 0.2) is 17.3 Å². The summed E-state index contributed by atoms with van der Waals surface area (Å²) in [6.07, 6.45) is 26.8. The summed E-state index contributed by atoms with van der Waals surface area (Å²) >= 11 is 0. The first-order valence-electron chi connectivity index (χ1n) is 41.2. The molecule has 0 aromatic heterocycles. The zero-order chi connectivity index (χ0) is 82.7. The molecule has 628 valence electrons. The van der Waals surface area contributed by atoms with Crippen LogP contribution in [0.5, 0.6) is 5.75 Å². The molecule has 28 heteroatoms. The molecule has 1 aromatic rings. The Morgan fingerprint density at radius 1 is 0.523 bits per heavy atom. The Bertz CT molecular complexity index is 3060. The average molecular weight is 1570 g/mol. The van der Waals surface area contributed by atoms with E-state index in [1.807, 2.05) is 11.8 Å². The van der Waals surface area contributed by atoms with Gasteiger partial charge in [-0.25, -0.2) is 4.79 Å². The van der Waals surface area contributed by atoms with E-state index in [1.54, 1.807) is 19.2 Å². The van der Waals surface area contributed by atoms with E-state index in [0.717, 1.165) is 51.4 Å². The molecule has 7 atom stereocenters. The number of carbonyl (C=O) groups excluding carboxylic acids is 11. The van der Waals surface area contributed by atoms with Crippen molar-refractivity contribution in [3.8, 4) is 5.75 Å². The number of hydrogen-bond donors (Lipinski definition) is 12. The van der Waals surface area contributed by atoms with Gasteiger partial charge in [0, 0.05) is 77.8 Å². The van der Waals surface area contributed by atoms with Gasteiger partial charge in [-0.05, 0) is 147 Å². The zero-order valence-corrected chi connectivity index (χ0v) is 67.6. The van der Waals surface area contributed by atoms with E-state index in [2.05, 4.69) is 44.1 Å². The van der Waals surface area contributed by atoms with Crippen molar-refractivity contribution in [2.24, 2.45) is 23.7 Å². The standard InChI is InChI=1S/C62H95N7O17.C21H41NO3/c1-7-9-13-47(65-36-55(77)62(5,6)68-58(80)50(66-39(4)71)32-41-18-24-45(72)25-19-41)53(75)35-64-48(54(76)37-69-31-12-15-51(69)38(3)70)14-10-11-30-63-56(78)28-22-43(59(81)82)33-46(73)26-27-49(61(85)86)67-57(79)29-23-44(60(83)84)34-52(74)42-20-16-40(8-2)17-21-42;1-22-20(23)18-16-14-12-10-8-6-4-2-3-5-7-9-11-13-15-17-19-21(24)25/h18-19,24-25,40,42-44,47-51,64-65,72H,7-17,20-23,26-37H2,1-6H3,(H,63,78)(H,66,71)(H,67,79)(H,68,80)(H,81,82)(H,83,84)(H,85,86);2-19H2,1H3,(H,22,23)(H,24,25)/t40?,42?,43-,44-,47+,48+,49+,50-,51+;/m1./s1. The second kappa shape index (κ2) is 57.2. The number of aliphatic carboxylic acids is 4. The number of likely N-dealkylation sites (tertiary alicyclic amines) is 1. The number of hydrogen-bond acceptors (Lipinski definition) is 19. The van der Waals surface area contributed by atoms with E-state index in [-0.39, 0.29) is 118 Å². The van der Waals surface area contributed by atoms with Gasteiger partial charge in [0.1, 0.15) is 35.2 Å². The number of carboxylic acids is 4. The molecule has 2 fully saturated rings.